The maximum absolute atomic E-state index is 12.6. The molecule has 130 valence electrons. The van der Waals surface area contributed by atoms with Crippen LogP contribution < -0.4 is 0 Å². The summed E-state index contributed by atoms with van der Waals surface area (Å²) in [5, 5.41) is 0. The van der Waals surface area contributed by atoms with E-state index in [1.54, 1.807) is 41.2 Å². The molecule has 3 rings (SSSR count). The Balaban J connectivity index is 1.63. The monoisotopic (exact) mass is 340 g/mol. The van der Waals surface area contributed by atoms with Crippen molar-refractivity contribution >= 4 is 11.9 Å². The van der Waals surface area contributed by atoms with Crippen molar-refractivity contribution < 1.29 is 9.59 Å². The van der Waals surface area contributed by atoms with E-state index in [-0.39, 0.29) is 11.9 Å². The van der Waals surface area contributed by atoms with Gasteiger partial charge in [0.05, 0.1) is 5.56 Å². The minimum atomic E-state index is -0.116. The molecular formula is C17H20N6O2. The number of carbonyl (C=O) groups excluding carboxylic acids is 2. The highest BCUT2D eigenvalue weighted by Gasteiger charge is 2.25. The highest BCUT2D eigenvalue weighted by Crippen LogP contribution is 2.14. The van der Waals surface area contributed by atoms with Crippen molar-refractivity contribution in [2.75, 3.05) is 40.3 Å². The molecule has 0 saturated carbocycles. The molecule has 0 bridgehead atoms. The molecule has 3 heterocycles. The van der Waals surface area contributed by atoms with Crippen molar-refractivity contribution in [2.24, 2.45) is 0 Å². The molecule has 1 saturated heterocycles. The summed E-state index contributed by atoms with van der Waals surface area (Å²) in [6.45, 7) is 2.06. The lowest BCUT2D eigenvalue weighted by Crippen LogP contribution is -2.52. The summed E-state index contributed by atoms with van der Waals surface area (Å²) in [6, 6.07) is 3.65. The number of urea groups is 1. The van der Waals surface area contributed by atoms with E-state index in [1.807, 2.05) is 12.1 Å². The van der Waals surface area contributed by atoms with Crippen LogP contribution in [0.5, 0.6) is 0 Å². The van der Waals surface area contributed by atoms with E-state index in [0.717, 1.165) is 5.56 Å². The van der Waals surface area contributed by atoms with Crippen molar-refractivity contribution in [3.63, 3.8) is 0 Å². The van der Waals surface area contributed by atoms with Gasteiger partial charge in [0.1, 0.15) is 0 Å². The van der Waals surface area contributed by atoms with E-state index in [1.165, 1.54) is 12.4 Å². The summed E-state index contributed by atoms with van der Waals surface area (Å²) >= 11 is 0. The molecule has 0 radical (unpaired) electrons. The Hall–Kier alpha value is -3.03. The van der Waals surface area contributed by atoms with Gasteiger partial charge in [0, 0.05) is 70.6 Å². The Morgan fingerprint density at radius 1 is 1.00 bits per heavy atom. The molecule has 8 nitrogen and oxygen atoms in total. The maximum atomic E-state index is 12.6. The van der Waals surface area contributed by atoms with Gasteiger partial charge in [0.2, 0.25) is 0 Å². The van der Waals surface area contributed by atoms with Crippen LogP contribution in [0, 0.1) is 0 Å². The molecule has 8 heteroatoms. The Morgan fingerprint density at radius 2 is 1.64 bits per heavy atom. The summed E-state index contributed by atoms with van der Waals surface area (Å²) in [5.41, 5.74) is 1.25. The molecule has 0 atom stereocenters. The molecule has 0 aromatic carbocycles. The Labute approximate surface area is 146 Å². The zero-order chi connectivity index (χ0) is 17.8. The molecule has 0 aliphatic carbocycles. The number of hydrogen-bond donors (Lipinski definition) is 0. The first-order valence-electron chi connectivity index (χ1n) is 8.04. The van der Waals surface area contributed by atoms with Crippen molar-refractivity contribution in [3.8, 4) is 11.4 Å². The van der Waals surface area contributed by atoms with Gasteiger partial charge in [-0.1, -0.05) is 0 Å². The van der Waals surface area contributed by atoms with Crippen LogP contribution in [0.3, 0.4) is 0 Å². The fourth-order valence-electron chi connectivity index (χ4n) is 2.65. The minimum absolute atomic E-state index is 0.0312. The summed E-state index contributed by atoms with van der Waals surface area (Å²) in [5.74, 6) is 0.417. The summed E-state index contributed by atoms with van der Waals surface area (Å²) < 4.78 is 0. The minimum Gasteiger partial charge on any atom is -0.335 e. The Morgan fingerprint density at radius 3 is 2.20 bits per heavy atom. The van der Waals surface area contributed by atoms with Crippen LogP contribution in [0.15, 0.2) is 36.9 Å². The number of carbonyl (C=O) groups is 2. The first kappa shape index (κ1) is 16.8. The van der Waals surface area contributed by atoms with Crippen LogP contribution in [-0.2, 0) is 0 Å². The van der Waals surface area contributed by atoms with Crippen LogP contribution in [0.2, 0.25) is 0 Å². The number of rotatable bonds is 2. The normalized spacial score (nSPS) is 14.3. The smallest absolute Gasteiger partial charge is 0.319 e. The fraction of sp³-hybridized carbons (Fsp3) is 0.353. The third-order valence-corrected chi connectivity index (χ3v) is 4.04. The molecule has 2 aromatic rings. The summed E-state index contributed by atoms with van der Waals surface area (Å²) in [6.07, 6.45) is 6.43. The zero-order valence-corrected chi connectivity index (χ0v) is 14.3. The number of pyridine rings is 1. The SMILES string of the molecule is CN(C)C(=O)N1CCN(C(=O)c2cnc(-c3cccnc3)nc2)CC1. The second-order valence-electron chi connectivity index (χ2n) is 5.99. The predicted molar refractivity (Wildman–Crippen MR) is 91.8 cm³/mol. The van der Waals surface area contributed by atoms with Gasteiger partial charge in [0.25, 0.3) is 5.91 Å². The molecule has 0 spiro atoms. The van der Waals surface area contributed by atoms with Crippen molar-refractivity contribution in [3.05, 3.63) is 42.5 Å². The number of aromatic nitrogens is 3. The molecular weight excluding hydrogens is 320 g/mol. The molecule has 0 N–H and O–H groups in total. The van der Waals surface area contributed by atoms with Crippen molar-refractivity contribution in [1.29, 1.82) is 0 Å². The van der Waals surface area contributed by atoms with Gasteiger partial charge < -0.3 is 14.7 Å². The molecule has 3 amide bonds. The van der Waals surface area contributed by atoms with Gasteiger partial charge in [-0.3, -0.25) is 9.78 Å². The van der Waals surface area contributed by atoms with E-state index in [2.05, 4.69) is 15.0 Å². The second-order valence-corrected chi connectivity index (χ2v) is 5.99. The summed E-state index contributed by atoms with van der Waals surface area (Å²) in [4.78, 5) is 42.1. The van der Waals surface area contributed by atoms with Gasteiger partial charge in [-0.05, 0) is 12.1 Å². The van der Waals surface area contributed by atoms with E-state index in [4.69, 9.17) is 0 Å². The molecule has 0 unspecified atom stereocenters. The molecule has 25 heavy (non-hydrogen) atoms. The van der Waals surface area contributed by atoms with Gasteiger partial charge in [-0.25, -0.2) is 14.8 Å². The van der Waals surface area contributed by atoms with E-state index in [0.29, 0.717) is 37.6 Å². The van der Waals surface area contributed by atoms with Crippen molar-refractivity contribution in [2.45, 2.75) is 0 Å². The molecule has 1 aliphatic rings. The van der Waals surface area contributed by atoms with Gasteiger partial charge >= 0.3 is 6.03 Å². The second kappa shape index (κ2) is 7.25. The lowest BCUT2D eigenvalue weighted by molar-refractivity contribution is 0.0649. The first-order chi connectivity index (χ1) is 12.1. The lowest BCUT2D eigenvalue weighted by atomic mass is 10.2. The number of piperazine rings is 1. The van der Waals surface area contributed by atoms with Crippen LogP contribution in [-0.4, -0.2) is 81.9 Å². The van der Waals surface area contributed by atoms with Gasteiger partial charge in [-0.15, -0.1) is 0 Å². The van der Waals surface area contributed by atoms with Crippen LogP contribution in [0.4, 0.5) is 4.79 Å². The van der Waals surface area contributed by atoms with Crippen LogP contribution in [0.1, 0.15) is 10.4 Å². The van der Waals surface area contributed by atoms with Crippen LogP contribution >= 0.6 is 0 Å². The lowest BCUT2D eigenvalue weighted by Gasteiger charge is -2.35. The average molecular weight is 340 g/mol. The van der Waals surface area contributed by atoms with Crippen molar-refractivity contribution in [1.82, 2.24) is 29.7 Å². The third kappa shape index (κ3) is 3.73. The Bertz CT molecular complexity index is 739. The molecule has 1 fully saturated rings. The van der Waals surface area contributed by atoms with E-state index >= 15 is 0 Å². The third-order valence-electron chi connectivity index (χ3n) is 4.04. The summed E-state index contributed by atoms with van der Waals surface area (Å²) in [7, 11) is 3.45. The topological polar surface area (TPSA) is 82.5 Å². The first-order valence-corrected chi connectivity index (χ1v) is 8.04. The van der Waals surface area contributed by atoms with Gasteiger partial charge in [0.15, 0.2) is 5.82 Å². The van der Waals surface area contributed by atoms with E-state index in [9.17, 15) is 9.59 Å². The number of hydrogen-bond acceptors (Lipinski definition) is 5. The van der Waals surface area contributed by atoms with Crippen LogP contribution in [0.25, 0.3) is 11.4 Å². The molecule has 2 aromatic heterocycles. The highest BCUT2D eigenvalue weighted by molar-refractivity contribution is 5.94. The maximum Gasteiger partial charge on any atom is 0.319 e. The average Bonchev–Trinajstić information content (AvgIpc) is 2.67. The standard InChI is InChI=1S/C17H20N6O2/c1-21(2)17(25)23-8-6-22(7-9-23)16(24)14-11-19-15(20-12-14)13-4-3-5-18-10-13/h3-5,10-12H,6-9H2,1-2H3. The Kier molecular flexibility index (Phi) is 4.87. The fourth-order valence-corrected chi connectivity index (χ4v) is 2.65. The molecule has 1 aliphatic heterocycles. The number of nitrogens with zero attached hydrogens (tertiary/aromatic N) is 6. The largest absolute Gasteiger partial charge is 0.335 e. The number of amides is 3. The predicted octanol–water partition coefficient (Wildman–Crippen LogP) is 0.978. The quantitative estimate of drug-likeness (QED) is 0.814. The van der Waals surface area contributed by atoms with E-state index < -0.39 is 0 Å². The highest BCUT2D eigenvalue weighted by atomic mass is 16.2. The zero-order valence-electron chi connectivity index (χ0n) is 14.3. The van der Waals surface area contributed by atoms with Gasteiger partial charge in [-0.2, -0.15) is 0 Å².